The Kier molecular flexibility index (Phi) is 5.06. The van der Waals surface area contributed by atoms with E-state index in [1.54, 1.807) is 19.3 Å². The third kappa shape index (κ3) is 3.73. The van der Waals surface area contributed by atoms with Crippen molar-refractivity contribution >= 4 is 22.5 Å². The van der Waals surface area contributed by atoms with E-state index in [1.165, 1.54) is 10.9 Å². The summed E-state index contributed by atoms with van der Waals surface area (Å²) in [4.78, 5) is 23.8. The Hall–Kier alpha value is -3.20. The Morgan fingerprint density at radius 2 is 2.03 bits per heavy atom. The lowest BCUT2D eigenvalue weighted by atomic mass is 10.1. The van der Waals surface area contributed by atoms with Crippen molar-refractivity contribution in [3.05, 3.63) is 41.1 Å². The van der Waals surface area contributed by atoms with Crippen molar-refractivity contribution in [2.75, 3.05) is 36.5 Å². The van der Waals surface area contributed by atoms with E-state index < -0.39 is 0 Å². The summed E-state index contributed by atoms with van der Waals surface area (Å²) in [5, 5.41) is 14.2. The molecule has 152 valence electrons. The normalized spacial score (nSPS) is 14.6. The molecule has 0 aromatic carbocycles. The Labute approximate surface area is 168 Å². The average molecular weight is 397 g/mol. The molecule has 0 saturated carbocycles. The molecule has 0 radical (unpaired) electrons. The maximum atomic E-state index is 12.6. The Bertz CT molecular complexity index is 1110. The van der Waals surface area contributed by atoms with Gasteiger partial charge in [-0.1, -0.05) is 4.73 Å². The van der Waals surface area contributed by atoms with E-state index in [0.717, 1.165) is 23.4 Å². The summed E-state index contributed by atoms with van der Waals surface area (Å²) >= 11 is 0. The zero-order chi connectivity index (χ0) is 20.5. The first kappa shape index (κ1) is 19.1. The highest BCUT2D eigenvalue weighted by molar-refractivity contribution is 5.91. The lowest BCUT2D eigenvalue weighted by Gasteiger charge is -2.22. The fourth-order valence-corrected chi connectivity index (χ4v) is 3.42. The minimum Gasteiger partial charge on any atom is -0.373 e. The molecular formula is C20H25N6O3+. The molecule has 1 aliphatic heterocycles. The molecule has 0 bridgehead atoms. The number of aromatic nitrogens is 4. The van der Waals surface area contributed by atoms with Crippen LogP contribution in [0.3, 0.4) is 0 Å². The number of rotatable bonds is 4. The molecule has 1 saturated heterocycles. The molecule has 0 amide bonds. The van der Waals surface area contributed by atoms with E-state index in [0.29, 0.717) is 41.4 Å². The van der Waals surface area contributed by atoms with Crippen LogP contribution in [0.1, 0.15) is 13.8 Å². The molecule has 4 heterocycles. The molecule has 1 aliphatic rings. The lowest BCUT2D eigenvalue weighted by Crippen LogP contribution is -2.45. The number of hydrogen-bond donors (Lipinski definition) is 2. The fourth-order valence-electron chi connectivity index (χ4n) is 3.42. The van der Waals surface area contributed by atoms with Crippen LogP contribution in [0.2, 0.25) is 0 Å². The second kappa shape index (κ2) is 7.67. The van der Waals surface area contributed by atoms with Crippen LogP contribution in [-0.4, -0.2) is 52.1 Å². The van der Waals surface area contributed by atoms with Crippen LogP contribution in [0, 0.1) is 0 Å². The number of hydrogen-bond acceptors (Lipinski definition) is 7. The van der Waals surface area contributed by atoms with Gasteiger partial charge in [-0.05, 0) is 26.0 Å². The van der Waals surface area contributed by atoms with Crippen molar-refractivity contribution in [1.29, 1.82) is 0 Å². The number of fused-ring (bicyclic) bond motifs is 1. The molecule has 4 rings (SSSR count). The molecule has 9 heteroatoms. The first-order valence-electron chi connectivity index (χ1n) is 9.65. The number of anilines is 2. The Balaban J connectivity index is 1.80. The smallest absolute Gasteiger partial charge is 0.316 e. The van der Waals surface area contributed by atoms with Gasteiger partial charge < -0.3 is 19.8 Å². The minimum atomic E-state index is -0.155. The third-order valence-electron chi connectivity index (χ3n) is 4.87. The maximum absolute atomic E-state index is 12.6. The van der Waals surface area contributed by atoms with Gasteiger partial charge in [0, 0.05) is 24.7 Å². The van der Waals surface area contributed by atoms with E-state index in [9.17, 15) is 10.0 Å². The molecule has 29 heavy (non-hydrogen) atoms. The van der Waals surface area contributed by atoms with E-state index in [4.69, 9.17) is 4.74 Å². The van der Waals surface area contributed by atoms with Gasteiger partial charge >= 0.3 is 5.82 Å². The topological polar surface area (TPSA) is 96.4 Å². The zero-order valence-corrected chi connectivity index (χ0v) is 16.8. The van der Waals surface area contributed by atoms with Gasteiger partial charge in [0.1, 0.15) is 30.5 Å². The summed E-state index contributed by atoms with van der Waals surface area (Å²) in [5.74, 6) is 1.19. The second-order valence-corrected chi connectivity index (χ2v) is 7.43. The van der Waals surface area contributed by atoms with Crippen molar-refractivity contribution in [1.82, 2.24) is 14.5 Å². The van der Waals surface area contributed by atoms with Gasteiger partial charge in [0.2, 0.25) is 0 Å². The van der Waals surface area contributed by atoms with Crippen molar-refractivity contribution in [3.8, 4) is 11.3 Å². The van der Waals surface area contributed by atoms with Gasteiger partial charge in [-0.15, -0.1) is 0 Å². The molecular weight excluding hydrogens is 372 g/mol. The monoisotopic (exact) mass is 397 g/mol. The van der Waals surface area contributed by atoms with Crippen LogP contribution in [0.15, 0.2) is 35.5 Å². The number of pyridine rings is 2. The quantitative estimate of drug-likeness (QED) is 0.504. The molecule has 9 nitrogen and oxygen atoms in total. The molecule has 0 unspecified atom stereocenters. The van der Waals surface area contributed by atoms with Gasteiger partial charge in [-0.3, -0.25) is 9.69 Å². The van der Waals surface area contributed by atoms with Crippen LogP contribution >= 0.6 is 0 Å². The SMILES string of the molecule is CC(C)Nc1nc(-c2ccc(N3CCOCC3)[n+](O)c2)cc2ncn(C)c(=O)c12. The van der Waals surface area contributed by atoms with Gasteiger partial charge in [-0.25, -0.2) is 9.97 Å². The summed E-state index contributed by atoms with van der Waals surface area (Å²) in [5.41, 5.74) is 1.75. The summed E-state index contributed by atoms with van der Waals surface area (Å²) in [6.45, 7) is 6.70. The second-order valence-electron chi connectivity index (χ2n) is 7.43. The molecule has 2 N–H and O–H groups in total. The first-order chi connectivity index (χ1) is 13.9. The van der Waals surface area contributed by atoms with E-state index in [-0.39, 0.29) is 11.6 Å². The lowest BCUT2D eigenvalue weighted by molar-refractivity contribution is -0.894. The van der Waals surface area contributed by atoms with Gasteiger partial charge in [0.25, 0.3) is 5.56 Å². The summed E-state index contributed by atoms with van der Waals surface area (Å²) in [6, 6.07) is 5.63. The highest BCUT2D eigenvalue weighted by Gasteiger charge is 2.23. The number of ether oxygens (including phenoxy) is 1. The van der Waals surface area contributed by atoms with E-state index in [1.807, 2.05) is 26.0 Å². The van der Waals surface area contributed by atoms with Crippen LogP contribution in [0.4, 0.5) is 11.6 Å². The van der Waals surface area contributed by atoms with Crippen molar-refractivity contribution in [2.24, 2.45) is 7.05 Å². The molecule has 0 atom stereocenters. The number of aryl methyl sites for hydroxylation is 1. The number of nitrogens with zero attached hydrogens (tertiary/aromatic N) is 5. The molecule has 3 aromatic heterocycles. The predicted octanol–water partition coefficient (Wildman–Crippen LogP) is 1.18. The van der Waals surface area contributed by atoms with Gasteiger partial charge in [0.05, 0.1) is 30.8 Å². The van der Waals surface area contributed by atoms with E-state index >= 15 is 0 Å². The highest BCUT2D eigenvalue weighted by Crippen LogP contribution is 2.25. The third-order valence-corrected chi connectivity index (χ3v) is 4.87. The minimum absolute atomic E-state index is 0.0948. The van der Waals surface area contributed by atoms with Crippen LogP contribution < -0.4 is 20.5 Å². The number of nitrogens with one attached hydrogen (secondary N) is 1. The maximum Gasteiger partial charge on any atom is 0.316 e. The summed E-state index contributed by atoms with van der Waals surface area (Å²) in [6.07, 6.45) is 3.13. The largest absolute Gasteiger partial charge is 0.373 e. The average Bonchev–Trinajstić information content (AvgIpc) is 2.70. The Morgan fingerprint density at radius 1 is 1.28 bits per heavy atom. The molecule has 0 aliphatic carbocycles. The van der Waals surface area contributed by atoms with Gasteiger partial charge in [0.15, 0.2) is 0 Å². The van der Waals surface area contributed by atoms with Crippen molar-refractivity contribution < 1.29 is 14.7 Å². The van der Waals surface area contributed by atoms with Crippen molar-refractivity contribution in [3.63, 3.8) is 0 Å². The van der Waals surface area contributed by atoms with Crippen LogP contribution in [0.25, 0.3) is 22.2 Å². The Morgan fingerprint density at radius 3 is 2.72 bits per heavy atom. The first-order valence-corrected chi connectivity index (χ1v) is 9.65. The number of morpholine rings is 1. The van der Waals surface area contributed by atoms with Crippen LogP contribution in [0.5, 0.6) is 0 Å². The zero-order valence-electron chi connectivity index (χ0n) is 16.8. The summed E-state index contributed by atoms with van der Waals surface area (Å²) < 4.78 is 7.92. The van der Waals surface area contributed by atoms with Gasteiger partial charge in [-0.2, -0.15) is 0 Å². The summed E-state index contributed by atoms with van der Waals surface area (Å²) in [7, 11) is 1.67. The molecule has 3 aromatic rings. The fraction of sp³-hybridized carbons (Fsp3) is 0.400. The van der Waals surface area contributed by atoms with Crippen molar-refractivity contribution in [2.45, 2.75) is 19.9 Å². The predicted molar refractivity (Wildman–Crippen MR) is 109 cm³/mol. The van der Waals surface area contributed by atoms with Crippen LogP contribution in [-0.2, 0) is 11.8 Å². The van der Waals surface area contributed by atoms with E-state index in [2.05, 4.69) is 20.2 Å². The highest BCUT2D eigenvalue weighted by atomic mass is 16.5. The molecule has 0 spiro atoms. The molecule has 1 fully saturated rings. The standard InChI is InChI=1S/C20H24N6O3/c1-13(2)22-19-18-16(21-12-24(3)20(18)27)10-15(23-19)14-4-5-17(26(28)11-14)25-6-8-29-9-7-25/h4-5,10-13H,6-9H2,1-3H3,(H-,22,23,27,28)/p+1.